The van der Waals surface area contributed by atoms with Crippen molar-refractivity contribution >= 4 is 28.4 Å². The predicted molar refractivity (Wildman–Crippen MR) is 92.3 cm³/mol. The van der Waals surface area contributed by atoms with E-state index in [0.717, 1.165) is 23.0 Å². The smallest absolute Gasteiger partial charge is 0.259 e. The summed E-state index contributed by atoms with van der Waals surface area (Å²) < 4.78 is 0. The van der Waals surface area contributed by atoms with E-state index in [1.54, 1.807) is 12.3 Å². The number of fused-ring (bicyclic) bond motifs is 2. The summed E-state index contributed by atoms with van der Waals surface area (Å²) >= 11 is 0. The summed E-state index contributed by atoms with van der Waals surface area (Å²) in [5, 5.41) is 3.81. The van der Waals surface area contributed by atoms with Crippen LogP contribution in [-0.2, 0) is 6.42 Å². The summed E-state index contributed by atoms with van der Waals surface area (Å²) in [6.07, 6.45) is 2.90. The van der Waals surface area contributed by atoms with Crippen LogP contribution in [0.1, 0.15) is 39.8 Å². The van der Waals surface area contributed by atoms with E-state index in [0.29, 0.717) is 29.3 Å². The van der Waals surface area contributed by atoms with E-state index in [9.17, 15) is 9.59 Å². The molecule has 0 fully saturated rings. The zero-order valence-corrected chi connectivity index (χ0v) is 13.3. The van der Waals surface area contributed by atoms with E-state index >= 15 is 0 Å². The zero-order chi connectivity index (χ0) is 16.7. The lowest BCUT2D eigenvalue weighted by molar-refractivity contribution is 0.0940. The summed E-state index contributed by atoms with van der Waals surface area (Å²) in [6, 6.07) is 11.4. The van der Waals surface area contributed by atoms with Crippen LogP contribution in [0.25, 0.3) is 10.9 Å². The van der Waals surface area contributed by atoms with Gasteiger partial charge in [0.05, 0.1) is 16.6 Å². The van der Waals surface area contributed by atoms with E-state index in [-0.39, 0.29) is 11.7 Å². The third-order valence-corrected chi connectivity index (χ3v) is 4.41. The second-order valence-electron chi connectivity index (χ2n) is 6.34. The summed E-state index contributed by atoms with van der Waals surface area (Å²) in [4.78, 5) is 32.4. The Morgan fingerprint density at radius 2 is 2.04 bits per heavy atom. The van der Waals surface area contributed by atoms with Gasteiger partial charge in [0.15, 0.2) is 5.78 Å². The van der Waals surface area contributed by atoms with Gasteiger partial charge in [0.2, 0.25) is 0 Å². The molecule has 0 radical (unpaired) electrons. The number of hydrogen-bond acceptors (Lipinski definition) is 3. The van der Waals surface area contributed by atoms with Crippen molar-refractivity contribution in [2.45, 2.75) is 19.8 Å². The molecule has 0 saturated heterocycles. The molecule has 1 atom stereocenters. The molecule has 1 unspecified atom stereocenters. The number of aromatic nitrogens is 2. The molecule has 1 aliphatic rings. The summed E-state index contributed by atoms with van der Waals surface area (Å²) in [5.74, 6) is 0.506. The number of anilines is 1. The number of amides is 1. The minimum Gasteiger partial charge on any atom is -0.364 e. The van der Waals surface area contributed by atoms with Crippen molar-refractivity contribution < 1.29 is 9.59 Å². The third kappa shape index (κ3) is 2.48. The first-order chi connectivity index (χ1) is 11.6. The number of carbonyl (C=O) groups is 2. The van der Waals surface area contributed by atoms with Crippen molar-refractivity contribution in [2.24, 2.45) is 5.92 Å². The number of H-pyrrole nitrogens is 1. The molecule has 2 heterocycles. The Kier molecular flexibility index (Phi) is 3.41. The minimum absolute atomic E-state index is 0.0293. The molecule has 4 rings (SSSR count). The molecule has 0 aliphatic heterocycles. The fourth-order valence-electron chi connectivity index (χ4n) is 3.28. The Hall–Kier alpha value is -2.95. The molecule has 0 spiro atoms. The Bertz CT molecular complexity index is 958. The number of Topliss-reactive ketones (excluding diaryl/α,β-unsaturated/α-hetero) is 1. The van der Waals surface area contributed by atoms with Gasteiger partial charge in [-0.2, -0.15) is 0 Å². The second-order valence-corrected chi connectivity index (χ2v) is 6.34. The van der Waals surface area contributed by atoms with Crippen molar-refractivity contribution in [1.82, 2.24) is 9.97 Å². The lowest BCUT2D eigenvalue weighted by Crippen LogP contribution is -2.21. The molecule has 2 N–H and O–H groups in total. The molecule has 5 heteroatoms. The van der Waals surface area contributed by atoms with Gasteiger partial charge < -0.3 is 10.3 Å². The van der Waals surface area contributed by atoms with Crippen LogP contribution in [0.2, 0.25) is 0 Å². The Balaban J connectivity index is 1.63. The number of hydrogen-bond donors (Lipinski definition) is 2. The van der Waals surface area contributed by atoms with Crippen molar-refractivity contribution in [1.29, 1.82) is 0 Å². The standard InChI is InChI=1S/C19H17N3O2/c1-11-8-15-18(16(23)9-11)13(10-20-15)19(24)22-17-7-6-12-4-2-3-5-14(12)21-17/h2-7,10-11,20H,8-9H2,1H3,(H,21,22,24). The van der Waals surface area contributed by atoms with Gasteiger partial charge in [0.25, 0.3) is 5.91 Å². The number of pyridine rings is 1. The number of para-hydroxylation sites is 1. The molecule has 24 heavy (non-hydrogen) atoms. The maximum absolute atomic E-state index is 12.6. The van der Waals surface area contributed by atoms with Gasteiger partial charge >= 0.3 is 0 Å². The molecule has 3 aromatic rings. The first-order valence-corrected chi connectivity index (χ1v) is 8.02. The van der Waals surface area contributed by atoms with Gasteiger partial charge in [-0.05, 0) is 30.5 Å². The normalized spacial score (nSPS) is 16.9. The summed E-state index contributed by atoms with van der Waals surface area (Å²) in [7, 11) is 0. The maximum atomic E-state index is 12.6. The second kappa shape index (κ2) is 5.60. The molecule has 5 nitrogen and oxygen atoms in total. The van der Waals surface area contributed by atoms with E-state index in [1.807, 2.05) is 37.3 Å². The van der Waals surface area contributed by atoms with Crippen LogP contribution in [-0.4, -0.2) is 21.7 Å². The number of rotatable bonds is 2. The highest BCUT2D eigenvalue weighted by molar-refractivity contribution is 6.13. The van der Waals surface area contributed by atoms with E-state index in [2.05, 4.69) is 15.3 Å². The molecular formula is C19H17N3O2. The first kappa shape index (κ1) is 14.6. The summed E-state index contributed by atoms with van der Waals surface area (Å²) in [5.41, 5.74) is 2.61. The van der Waals surface area contributed by atoms with Crippen molar-refractivity contribution in [2.75, 3.05) is 5.32 Å². The van der Waals surface area contributed by atoms with Crippen LogP contribution in [0.5, 0.6) is 0 Å². The lowest BCUT2D eigenvalue weighted by Gasteiger charge is -2.17. The van der Waals surface area contributed by atoms with Gasteiger partial charge in [0, 0.05) is 23.7 Å². The Morgan fingerprint density at radius 1 is 1.21 bits per heavy atom. The first-order valence-electron chi connectivity index (χ1n) is 8.02. The number of benzene rings is 1. The molecular weight excluding hydrogens is 302 g/mol. The molecule has 1 amide bonds. The highest BCUT2D eigenvalue weighted by atomic mass is 16.2. The average molecular weight is 319 g/mol. The number of carbonyl (C=O) groups excluding carboxylic acids is 2. The van der Waals surface area contributed by atoms with Crippen molar-refractivity contribution in [3.05, 3.63) is 59.4 Å². The topological polar surface area (TPSA) is 74.8 Å². The van der Waals surface area contributed by atoms with Crippen LogP contribution in [0, 0.1) is 5.92 Å². The molecule has 2 aromatic heterocycles. The van der Waals surface area contributed by atoms with Gasteiger partial charge in [-0.3, -0.25) is 9.59 Å². The average Bonchev–Trinajstić information content (AvgIpc) is 2.99. The molecule has 1 aliphatic carbocycles. The largest absolute Gasteiger partial charge is 0.364 e. The van der Waals surface area contributed by atoms with Crippen LogP contribution < -0.4 is 5.32 Å². The fourth-order valence-corrected chi connectivity index (χ4v) is 3.28. The molecule has 1 aromatic carbocycles. The lowest BCUT2D eigenvalue weighted by atomic mass is 9.86. The number of aromatic amines is 1. The van der Waals surface area contributed by atoms with E-state index in [4.69, 9.17) is 0 Å². The Labute approximate surface area is 139 Å². The highest BCUT2D eigenvalue weighted by Crippen LogP contribution is 2.28. The molecule has 0 bridgehead atoms. The van der Waals surface area contributed by atoms with Gasteiger partial charge in [0.1, 0.15) is 5.82 Å². The Morgan fingerprint density at radius 3 is 2.92 bits per heavy atom. The van der Waals surface area contributed by atoms with Crippen LogP contribution in [0.15, 0.2) is 42.6 Å². The molecule has 120 valence electrons. The quantitative estimate of drug-likeness (QED) is 0.758. The van der Waals surface area contributed by atoms with Gasteiger partial charge in [-0.1, -0.05) is 25.1 Å². The summed E-state index contributed by atoms with van der Waals surface area (Å²) in [6.45, 7) is 2.04. The van der Waals surface area contributed by atoms with Crippen LogP contribution >= 0.6 is 0 Å². The number of nitrogens with zero attached hydrogens (tertiary/aromatic N) is 1. The maximum Gasteiger partial charge on any atom is 0.259 e. The van der Waals surface area contributed by atoms with Gasteiger partial charge in [-0.25, -0.2) is 4.98 Å². The van der Waals surface area contributed by atoms with E-state index in [1.165, 1.54) is 0 Å². The molecule has 0 saturated carbocycles. The van der Waals surface area contributed by atoms with Crippen molar-refractivity contribution in [3.63, 3.8) is 0 Å². The van der Waals surface area contributed by atoms with E-state index < -0.39 is 0 Å². The van der Waals surface area contributed by atoms with Crippen molar-refractivity contribution in [3.8, 4) is 0 Å². The zero-order valence-electron chi connectivity index (χ0n) is 13.3. The number of nitrogens with one attached hydrogen (secondary N) is 2. The van der Waals surface area contributed by atoms with Gasteiger partial charge in [-0.15, -0.1) is 0 Å². The SMILES string of the molecule is CC1CC(=O)c2c(C(=O)Nc3ccc4ccccc4n3)c[nH]c2C1. The third-order valence-electron chi connectivity index (χ3n) is 4.41. The minimum atomic E-state index is -0.307. The monoisotopic (exact) mass is 319 g/mol. The van der Waals surface area contributed by atoms with Crippen LogP contribution in [0.3, 0.4) is 0 Å². The number of ketones is 1. The van der Waals surface area contributed by atoms with Crippen LogP contribution in [0.4, 0.5) is 5.82 Å². The predicted octanol–water partition coefficient (Wildman–Crippen LogP) is 3.58. The highest BCUT2D eigenvalue weighted by Gasteiger charge is 2.29. The fraction of sp³-hybridized carbons (Fsp3) is 0.211.